The van der Waals surface area contributed by atoms with Crippen LogP contribution in [-0.2, 0) is 4.79 Å². The van der Waals surface area contributed by atoms with Gasteiger partial charge in [-0.05, 0) is 24.3 Å². The van der Waals surface area contributed by atoms with Gasteiger partial charge in [0.05, 0.1) is 0 Å². The van der Waals surface area contributed by atoms with Crippen molar-refractivity contribution in [1.29, 1.82) is 0 Å². The summed E-state index contributed by atoms with van der Waals surface area (Å²) < 4.78 is 0. The Kier molecular flexibility index (Phi) is 5.93. The number of carbonyl (C=O) groups excluding carboxylic acids is 1. The molecular formula is C17H24N4OS. The number of hydrazone groups is 1. The maximum atomic E-state index is 11.9. The second-order valence-electron chi connectivity index (χ2n) is 5.93. The van der Waals surface area contributed by atoms with E-state index in [2.05, 4.69) is 44.6 Å². The lowest BCUT2D eigenvalue weighted by Gasteiger charge is -2.36. The first-order chi connectivity index (χ1) is 11.3. The minimum atomic E-state index is 0.0277. The van der Waals surface area contributed by atoms with E-state index in [0.29, 0.717) is 6.42 Å². The molecule has 0 spiro atoms. The Hall–Kier alpha value is -1.53. The molecule has 0 saturated carbocycles. The monoisotopic (exact) mass is 332 g/mol. The van der Waals surface area contributed by atoms with E-state index in [0.717, 1.165) is 56.4 Å². The van der Waals surface area contributed by atoms with Crippen LogP contribution in [0.4, 0.5) is 5.69 Å². The molecule has 2 heterocycles. The molecule has 0 radical (unpaired) electrons. The second-order valence-corrected chi connectivity index (χ2v) is 7.04. The van der Waals surface area contributed by atoms with E-state index in [-0.39, 0.29) is 5.91 Å². The molecule has 0 bridgehead atoms. The molecule has 0 aliphatic carbocycles. The number of carbonyl (C=O) groups is 1. The Bertz CT molecular complexity index is 533. The van der Waals surface area contributed by atoms with Crippen molar-refractivity contribution in [3.05, 3.63) is 30.3 Å². The van der Waals surface area contributed by atoms with Gasteiger partial charge < -0.3 is 4.90 Å². The molecular weight excluding hydrogens is 308 g/mol. The predicted molar refractivity (Wildman–Crippen MR) is 97.2 cm³/mol. The molecule has 5 nitrogen and oxygen atoms in total. The highest BCUT2D eigenvalue weighted by Gasteiger charge is 2.17. The summed E-state index contributed by atoms with van der Waals surface area (Å²) in [5.74, 6) is 2.11. The summed E-state index contributed by atoms with van der Waals surface area (Å²) in [6.45, 7) is 4.87. The number of nitrogens with zero attached hydrogens (tertiary/aromatic N) is 3. The van der Waals surface area contributed by atoms with Crippen LogP contribution < -0.4 is 10.3 Å². The number of benzene rings is 1. The molecule has 2 fully saturated rings. The first kappa shape index (κ1) is 16.3. The fourth-order valence-corrected chi connectivity index (χ4v) is 3.83. The quantitative estimate of drug-likeness (QED) is 0.836. The number of anilines is 1. The molecule has 23 heavy (non-hydrogen) atoms. The van der Waals surface area contributed by atoms with Gasteiger partial charge in [0, 0.05) is 56.3 Å². The summed E-state index contributed by atoms with van der Waals surface area (Å²) in [6, 6.07) is 10.5. The molecule has 1 aromatic carbocycles. The van der Waals surface area contributed by atoms with E-state index in [4.69, 9.17) is 0 Å². The van der Waals surface area contributed by atoms with Crippen LogP contribution in [0.3, 0.4) is 0 Å². The first-order valence-electron chi connectivity index (χ1n) is 8.25. The molecule has 0 atom stereocenters. The van der Waals surface area contributed by atoms with Gasteiger partial charge in [-0.3, -0.25) is 9.69 Å². The number of nitrogens with one attached hydrogen (secondary N) is 1. The van der Waals surface area contributed by atoms with Crippen molar-refractivity contribution >= 4 is 29.1 Å². The molecule has 1 aromatic rings. The van der Waals surface area contributed by atoms with Gasteiger partial charge in [-0.1, -0.05) is 18.2 Å². The van der Waals surface area contributed by atoms with Crippen molar-refractivity contribution in [3.63, 3.8) is 0 Å². The summed E-state index contributed by atoms with van der Waals surface area (Å²) in [7, 11) is 0. The summed E-state index contributed by atoms with van der Waals surface area (Å²) in [6.07, 6.45) is 1.53. The average Bonchev–Trinajstić information content (AvgIpc) is 3.13. The average molecular weight is 332 g/mol. The van der Waals surface area contributed by atoms with Crippen LogP contribution in [0.5, 0.6) is 0 Å². The Labute approximate surface area is 142 Å². The highest BCUT2D eigenvalue weighted by atomic mass is 32.2. The van der Waals surface area contributed by atoms with E-state index in [1.54, 1.807) is 0 Å². The van der Waals surface area contributed by atoms with E-state index in [9.17, 15) is 4.79 Å². The van der Waals surface area contributed by atoms with E-state index in [1.165, 1.54) is 5.69 Å². The van der Waals surface area contributed by atoms with Crippen molar-refractivity contribution in [2.24, 2.45) is 5.10 Å². The molecule has 1 N–H and O–H groups in total. The van der Waals surface area contributed by atoms with Crippen molar-refractivity contribution in [2.45, 2.75) is 12.8 Å². The smallest absolute Gasteiger partial charge is 0.241 e. The molecule has 1 amide bonds. The number of rotatable bonds is 5. The molecule has 0 unspecified atom stereocenters. The number of para-hydroxylation sites is 1. The topological polar surface area (TPSA) is 47.9 Å². The highest BCUT2D eigenvalue weighted by Crippen LogP contribution is 2.15. The predicted octanol–water partition coefficient (Wildman–Crippen LogP) is 1.81. The van der Waals surface area contributed by atoms with Gasteiger partial charge in [-0.25, -0.2) is 5.43 Å². The Balaban J connectivity index is 1.36. The zero-order valence-corrected chi connectivity index (χ0v) is 14.2. The van der Waals surface area contributed by atoms with E-state index in [1.807, 2.05) is 17.8 Å². The van der Waals surface area contributed by atoms with Crippen LogP contribution in [0, 0.1) is 0 Å². The SMILES string of the molecule is O=C(CCN1CCN(c2ccccc2)CC1)NN=C1CCSC1. The molecule has 0 aromatic heterocycles. The number of hydrogen-bond acceptors (Lipinski definition) is 5. The van der Waals surface area contributed by atoms with E-state index < -0.39 is 0 Å². The van der Waals surface area contributed by atoms with Gasteiger partial charge in [-0.15, -0.1) is 0 Å². The molecule has 6 heteroatoms. The number of thioether (sulfide) groups is 1. The van der Waals surface area contributed by atoms with Gasteiger partial charge >= 0.3 is 0 Å². The summed E-state index contributed by atoms with van der Waals surface area (Å²) in [4.78, 5) is 16.6. The zero-order valence-electron chi connectivity index (χ0n) is 13.4. The summed E-state index contributed by atoms with van der Waals surface area (Å²) in [5, 5.41) is 4.21. The number of hydrogen-bond donors (Lipinski definition) is 1. The third-order valence-electron chi connectivity index (χ3n) is 4.29. The first-order valence-corrected chi connectivity index (χ1v) is 9.41. The Morgan fingerprint density at radius 1 is 1.17 bits per heavy atom. The lowest BCUT2D eigenvalue weighted by Crippen LogP contribution is -2.47. The highest BCUT2D eigenvalue weighted by molar-refractivity contribution is 8.00. The molecule has 124 valence electrons. The molecule has 3 rings (SSSR count). The fourth-order valence-electron chi connectivity index (χ4n) is 2.87. The minimum absolute atomic E-state index is 0.0277. The van der Waals surface area contributed by atoms with E-state index >= 15 is 0 Å². The van der Waals surface area contributed by atoms with Crippen LogP contribution >= 0.6 is 11.8 Å². The Morgan fingerprint density at radius 2 is 1.96 bits per heavy atom. The standard InChI is InChI=1S/C17H24N4OS/c22-17(19-18-15-7-13-23-14-15)6-8-20-9-11-21(12-10-20)16-4-2-1-3-5-16/h1-5H,6-14H2,(H,19,22). The third-order valence-corrected chi connectivity index (χ3v) is 5.32. The Morgan fingerprint density at radius 3 is 2.65 bits per heavy atom. The lowest BCUT2D eigenvalue weighted by molar-refractivity contribution is -0.121. The van der Waals surface area contributed by atoms with Crippen LogP contribution in [0.1, 0.15) is 12.8 Å². The van der Waals surface area contributed by atoms with Crippen LogP contribution in [0.25, 0.3) is 0 Å². The molecule has 2 aliphatic rings. The van der Waals surface area contributed by atoms with Crippen LogP contribution in [-0.4, -0.2) is 60.7 Å². The van der Waals surface area contributed by atoms with Crippen molar-refractivity contribution < 1.29 is 4.79 Å². The summed E-state index contributed by atoms with van der Waals surface area (Å²) >= 11 is 1.87. The van der Waals surface area contributed by atoms with Gasteiger partial charge in [-0.2, -0.15) is 16.9 Å². The van der Waals surface area contributed by atoms with Crippen molar-refractivity contribution in [1.82, 2.24) is 10.3 Å². The maximum Gasteiger partial charge on any atom is 0.241 e. The lowest BCUT2D eigenvalue weighted by atomic mass is 10.2. The largest absolute Gasteiger partial charge is 0.369 e. The molecule has 2 saturated heterocycles. The van der Waals surface area contributed by atoms with Crippen LogP contribution in [0.15, 0.2) is 35.4 Å². The second kappa shape index (κ2) is 8.36. The van der Waals surface area contributed by atoms with Gasteiger partial charge in [0.25, 0.3) is 0 Å². The summed E-state index contributed by atoms with van der Waals surface area (Å²) in [5.41, 5.74) is 5.10. The van der Waals surface area contributed by atoms with Crippen molar-refractivity contribution in [3.8, 4) is 0 Å². The number of piperazine rings is 1. The fraction of sp³-hybridized carbons (Fsp3) is 0.529. The zero-order chi connectivity index (χ0) is 15.9. The normalized spacial score (nSPS) is 20.9. The maximum absolute atomic E-state index is 11.9. The number of amides is 1. The van der Waals surface area contributed by atoms with Gasteiger partial charge in [0.1, 0.15) is 0 Å². The van der Waals surface area contributed by atoms with Gasteiger partial charge in [0.15, 0.2) is 0 Å². The molecule has 2 aliphatic heterocycles. The third kappa shape index (κ3) is 4.97. The van der Waals surface area contributed by atoms with Crippen LogP contribution in [0.2, 0.25) is 0 Å². The van der Waals surface area contributed by atoms with Crippen molar-refractivity contribution in [2.75, 3.05) is 49.1 Å². The van der Waals surface area contributed by atoms with Gasteiger partial charge in [0.2, 0.25) is 5.91 Å². The minimum Gasteiger partial charge on any atom is -0.369 e.